The quantitative estimate of drug-likeness (QED) is 0.317. The molecular weight excluding hydrogens is 516 g/mol. The fourth-order valence-electron chi connectivity index (χ4n) is 2.66. The summed E-state index contributed by atoms with van der Waals surface area (Å²) >= 11 is 23.9. The number of nitrogens with zero attached hydrogens (tertiary/aromatic N) is 2. The van der Waals surface area contributed by atoms with E-state index in [-0.39, 0.29) is 20.6 Å². The predicted molar refractivity (Wildman–Crippen MR) is 130 cm³/mol. The van der Waals surface area contributed by atoms with Gasteiger partial charge in [-0.3, -0.25) is 9.10 Å². The average molecular weight is 531 g/mol. The number of sulfonamides is 1. The number of rotatable bonds is 7. The van der Waals surface area contributed by atoms with Crippen LogP contribution in [-0.4, -0.2) is 27.1 Å². The third-order valence-electron chi connectivity index (χ3n) is 4.10. The van der Waals surface area contributed by atoms with Gasteiger partial charge in [-0.05, 0) is 48.0 Å². The smallest absolute Gasteiger partial charge is 0.264 e. The topological polar surface area (TPSA) is 78.8 Å². The molecule has 0 saturated carbocycles. The summed E-state index contributed by atoms with van der Waals surface area (Å²) in [6, 6.07) is 16.8. The Morgan fingerprint density at radius 1 is 0.906 bits per heavy atom. The molecule has 32 heavy (non-hydrogen) atoms. The first kappa shape index (κ1) is 24.4. The number of anilines is 1. The van der Waals surface area contributed by atoms with E-state index in [0.717, 1.165) is 4.31 Å². The Bertz CT molecular complexity index is 1250. The second kappa shape index (κ2) is 10.6. The normalized spacial score (nSPS) is 11.5. The maximum atomic E-state index is 13.2. The van der Waals surface area contributed by atoms with E-state index in [1.165, 1.54) is 36.5 Å². The van der Waals surface area contributed by atoms with Crippen molar-refractivity contribution in [3.8, 4) is 0 Å². The summed E-state index contributed by atoms with van der Waals surface area (Å²) in [5.74, 6) is -0.683. The van der Waals surface area contributed by atoms with Crippen molar-refractivity contribution in [2.75, 3.05) is 10.8 Å². The molecule has 0 aliphatic rings. The van der Waals surface area contributed by atoms with Crippen LogP contribution >= 0.6 is 46.4 Å². The number of carbonyl (C=O) groups is 1. The van der Waals surface area contributed by atoms with Gasteiger partial charge in [0.2, 0.25) is 0 Å². The Labute approximate surface area is 205 Å². The van der Waals surface area contributed by atoms with Crippen LogP contribution in [0.1, 0.15) is 5.56 Å². The van der Waals surface area contributed by atoms with E-state index in [0.29, 0.717) is 15.6 Å². The number of nitrogens with one attached hydrogen (secondary N) is 1. The second-order valence-electron chi connectivity index (χ2n) is 6.42. The maximum absolute atomic E-state index is 13.2. The molecule has 0 heterocycles. The molecule has 6 nitrogen and oxygen atoms in total. The lowest BCUT2D eigenvalue weighted by Crippen LogP contribution is -2.39. The zero-order valence-corrected chi connectivity index (χ0v) is 20.0. The minimum Gasteiger partial charge on any atom is -0.271 e. The molecule has 0 aliphatic carbocycles. The minimum absolute atomic E-state index is 0.00297. The minimum atomic E-state index is -4.10. The molecule has 3 rings (SSSR count). The van der Waals surface area contributed by atoms with Crippen molar-refractivity contribution in [1.82, 2.24) is 5.43 Å². The Balaban J connectivity index is 1.86. The van der Waals surface area contributed by atoms with Crippen molar-refractivity contribution in [1.29, 1.82) is 0 Å². The fourth-order valence-corrected chi connectivity index (χ4v) is 4.90. The summed E-state index contributed by atoms with van der Waals surface area (Å²) in [7, 11) is -4.10. The molecule has 0 bridgehead atoms. The largest absolute Gasteiger partial charge is 0.271 e. The molecule has 1 N–H and O–H groups in total. The first-order chi connectivity index (χ1) is 15.2. The van der Waals surface area contributed by atoms with E-state index in [9.17, 15) is 13.2 Å². The molecule has 0 spiro atoms. The standard InChI is InChI=1S/C21H15Cl4N3O3S/c22-15-9-16(23)11-17(10-15)28(32(30,31)18-4-2-1-3-5-18)13-21(29)27-26-12-14-6-7-19(24)20(25)8-14/h1-12H,13H2,(H,27,29)/b26-12-. The van der Waals surface area contributed by atoms with Crippen LogP contribution in [-0.2, 0) is 14.8 Å². The van der Waals surface area contributed by atoms with Crippen molar-refractivity contribution in [3.63, 3.8) is 0 Å². The lowest BCUT2D eigenvalue weighted by molar-refractivity contribution is -0.119. The van der Waals surface area contributed by atoms with Crippen molar-refractivity contribution in [2.45, 2.75) is 4.90 Å². The molecule has 0 saturated heterocycles. The number of amides is 1. The average Bonchev–Trinajstić information content (AvgIpc) is 2.74. The van der Waals surface area contributed by atoms with E-state index in [4.69, 9.17) is 46.4 Å². The second-order valence-corrected chi connectivity index (χ2v) is 9.97. The van der Waals surface area contributed by atoms with Crippen LogP contribution in [0.2, 0.25) is 20.1 Å². The molecule has 11 heteroatoms. The van der Waals surface area contributed by atoms with Crippen molar-refractivity contribution < 1.29 is 13.2 Å². The summed E-state index contributed by atoms with van der Waals surface area (Å²) in [6.07, 6.45) is 1.35. The molecule has 166 valence electrons. The van der Waals surface area contributed by atoms with Gasteiger partial charge in [0.25, 0.3) is 15.9 Å². The van der Waals surface area contributed by atoms with Gasteiger partial charge in [0.05, 0.1) is 26.8 Å². The number of hydrogen-bond donors (Lipinski definition) is 1. The van der Waals surface area contributed by atoms with Gasteiger partial charge in [-0.2, -0.15) is 5.10 Å². The Kier molecular flexibility index (Phi) is 8.03. The molecule has 3 aromatic carbocycles. The van der Waals surface area contributed by atoms with Crippen molar-refractivity contribution in [2.24, 2.45) is 5.10 Å². The number of hydrogen-bond acceptors (Lipinski definition) is 4. The van der Waals surface area contributed by atoms with E-state index in [1.54, 1.807) is 36.4 Å². The molecule has 1 amide bonds. The van der Waals surface area contributed by atoms with Crippen LogP contribution in [0, 0.1) is 0 Å². The summed E-state index contributed by atoms with van der Waals surface area (Å²) < 4.78 is 27.4. The molecule has 0 aliphatic heterocycles. The summed E-state index contributed by atoms with van der Waals surface area (Å²) in [4.78, 5) is 12.5. The van der Waals surface area contributed by atoms with Gasteiger partial charge in [-0.15, -0.1) is 0 Å². The molecule has 3 aromatic rings. The Morgan fingerprint density at radius 2 is 1.56 bits per heavy atom. The van der Waals surface area contributed by atoms with E-state index in [2.05, 4.69) is 10.5 Å². The van der Waals surface area contributed by atoms with Crippen LogP contribution in [0.3, 0.4) is 0 Å². The summed E-state index contributed by atoms with van der Waals surface area (Å²) in [6.45, 7) is -0.563. The first-order valence-electron chi connectivity index (χ1n) is 8.97. The van der Waals surface area contributed by atoms with E-state index < -0.39 is 22.5 Å². The molecule has 0 fully saturated rings. The highest BCUT2D eigenvalue weighted by atomic mass is 35.5. The zero-order chi connectivity index (χ0) is 23.3. The van der Waals surface area contributed by atoms with Crippen molar-refractivity contribution in [3.05, 3.63) is 92.4 Å². The van der Waals surface area contributed by atoms with Crippen LogP contribution < -0.4 is 9.73 Å². The van der Waals surface area contributed by atoms with E-state index in [1.807, 2.05) is 0 Å². The molecule has 0 aromatic heterocycles. The highest BCUT2D eigenvalue weighted by Crippen LogP contribution is 2.29. The molecule has 0 radical (unpaired) electrons. The van der Waals surface area contributed by atoms with Gasteiger partial charge in [0.1, 0.15) is 6.54 Å². The number of halogens is 4. The highest BCUT2D eigenvalue weighted by molar-refractivity contribution is 7.92. The van der Waals surface area contributed by atoms with Crippen LogP contribution in [0.15, 0.2) is 76.7 Å². The van der Waals surface area contributed by atoms with Gasteiger partial charge >= 0.3 is 0 Å². The van der Waals surface area contributed by atoms with Gasteiger partial charge < -0.3 is 0 Å². The Hall–Kier alpha value is -2.29. The van der Waals surface area contributed by atoms with Gasteiger partial charge in [0.15, 0.2) is 0 Å². The lowest BCUT2D eigenvalue weighted by Gasteiger charge is -2.24. The number of benzene rings is 3. The third-order valence-corrected chi connectivity index (χ3v) is 7.06. The summed E-state index contributed by atoms with van der Waals surface area (Å²) in [5.41, 5.74) is 3.03. The van der Waals surface area contributed by atoms with Gasteiger partial charge in [0, 0.05) is 10.0 Å². The number of carbonyl (C=O) groups excluding carboxylic acids is 1. The van der Waals surface area contributed by atoms with Crippen molar-refractivity contribution >= 4 is 74.2 Å². The first-order valence-corrected chi connectivity index (χ1v) is 11.9. The van der Waals surface area contributed by atoms with Gasteiger partial charge in [-0.25, -0.2) is 13.8 Å². The Morgan fingerprint density at radius 3 is 2.19 bits per heavy atom. The predicted octanol–water partition coefficient (Wildman–Crippen LogP) is 5.65. The van der Waals surface area contributed by atoms with Crippen LogP contribution in [0.4, 0.5) is 5.69 Å². The molecule has 0 atom stereocenters. The lowest BCUT2D eigenvalue weighted by atomic mass is 10.2. The molecule has 0 unspecified atom stereocenters. The van der Waals surface area contributed by atoms with Crippen LogP contribution in [0.5, 0.6) is 0 Å². The maximum Gasteiger partial charge on any atom is 0.264 e. The fraction of sp³-hybridized carbons (Fsp3) is 0.0476. The van der Waals surface area contributed by atoms with Gasteiger partial charge in [-0.1, -0.05) is 70.7 Å². The van der Waals surface area contributed by atoms with Crippen LogP contribution in [0.25, 0.3) is 0 Å². The SMILES string of the molecule is O=C(CN(c1cc(Cl)cc(Cl)c1)S(=O)(=O)c1ccccc1)N/N=C\c1ccc(Cl)c(Cl)c1. The monoisotopic (exact) mass is 529 g/mol. The van der Waals surface area contributed by atoms with E-state index >= 15 is 0 Å². The highest BCUT2D eigenvalue weighted by Gasteiger charge is 2.27. The summed E-state index contributed by atoms with van der Waals surface area (Å²) in [5, 5.41) is 5.01. The zero-order valence-electron chi connectivity index (χ0n) is 16.2. The third kappa shape index (κ3) is 6.15. The molecular formula is C21H15Cl4N3O3S. The number of hydrazone groups is 1.